The number of benzene rings is 1. The van der Waals surface area contributed by atoms with Crippen LogP contribution in [0.25, 0.3) is 0 Å². The van der Waals surface area contributed by atoms with Gasteiger partial charge >= 0.3 is 0 Å². The third kappa shape index (κ3) is 2.63. The molecule has 0 saturated heterocycles. The lowest BCUT2D eigenvalue weighted by molar-refractivity contribution is 0.779. The van der Waals surface area contributed by atoms with Crippen molar-refractivity contribution in [1.29, 1.82) is 0 Å². The molecule has 0 aliphatic carbocycles. The minimum Gasteiger partial charge on any atom is -0.385 e. The summed E-state index contributed by atoms with van der Waals surface area (Å²) in [5.74, 6) is 0.617. The van der Waals surface area contributed by atoms with Crippen LogP contribution in [0.3, 0.4) is 0 Å². The minimum absolute atomic E-state index is 0.161. The molecule has 1 N–H and O–H groups in total. The fraction of sp³-hybridized carbons (Fsp3) is 0.625. The predicted octanol–water partition coefficient (Wildman–Crippen LogP) is 4.68. The SMILES string of the molecule is CC[Si](CC)[C@H]1CNc2c(cccc2C(C)C)C1. The van der Waals surface area contributed by atoms with E-state index in [2.05, 4.69) is 51.2 Å². The number of fused-ring (bicyclic) bond motifs is 1. The van der Waals surface area contributed by atoms with Gasteiger partial charge in [-0.1, -0.05) is 58.0 Å². The number of hydrogen-bond acceptors (Lipinski definition) is 1. The van der Waals surface area contributed by atoms with Crippen LogP contribution in [0.15, 0.2) is 18.2 Å². The second-order valence-electron chi connectivity index (χ2n) is 5.68. The molecule has 0 amide bonds. The minimum atomic E-state index is -0.161. The summed E-state index contributed by atoms with van der Waals surface area (Å²) in [5, 5.41) is 3.74. The van der Waals surface area contributed by atoms with E-state index in [-0.39, 0.29) is 8.80 Å². The van der Waals surface area contributed by atoms with Gasteiger partial charge in [-0.3, -0.25) is 0 Å². The lowest BCUT2D eigenvalue weighted by Crippen LogP contribution is -2.31. The average Bonchev–Trinajstić information content (AvgIpc) is 2.39. The van der Waals surface area contributed by atoms with Gasteiger partial charge in [-0.25, -0.2) is 0 Å². The van der Waals surface area contributed by atoms with Crippen molar-refractivity contribution < 1.29 is 0 Å². The van der Waals surface area contributed by atoms with Crippen LogP contribution in [0.4, 0.5) is 5.69 Å². The Kier molecular flexibility index (Phi) is 4.49. The highest BCUT2D eigenvalue weighted by Crippen LogP contribution is 2.36. The lowest BCUT2D eigenvalue weighted by atomic mass is 9.93. The summed E-state index contributed by atoms with van der Waals surface area (Å²) < 4.78 is 0. The number of nitrogens with one attached hydrogen (secondary N) is 1. The Morgan fingerprint density at radius 3 is 2.61 bits per heavy atom. The molecule has 1 atom stereocenters. The highest BCUT2D eigenvalue weighted by molar-refractivity contribution is 6.60. The molecule has 0 aromatic heterocycles. The fourth-order valence-corrected chi connectivity index (χ4v) is 5.72. The van der Waals surface area contributed by atoms with Gasteiger partial charge in [0, 0.05) is 12.2 Å². The normalized spacial score (nSPS) is 18.9. The highest BCUT2D eigenvalue weighted by atomic mass is 28.3. The van der Waals surface area contributed by atoms with Gasteiger partial charge in [0.1, 0.15) is 0 Å². The van der Waals surface area contributed by atoms with E-state index in [1.165, 1.54) is 36.3 Å². The molecule has 1 aliphatic rings. The smallest absolute Gasteiger partial charge is 0.0530 e. The van der Waals surface area contributed by atoms with Gasteiger partial charge in [0.15, 0.2) is 0 Å². The number of hydrogen-bond donors (Lipinski definition) is 1. The largest absolute Gasteiger partial charge is 0.385 e. The molecule has 1 heterocycles. The van der Waals surface area contributed by atoms with E-state index in [1.54, 1.807) is 5.56 Å². The molecular formula is C16H26NSi. The first-order valence-corrected chi connectivity index (χ1v) is 9.36. The van der Waals surface area contributed by atoms with Crippen LogP contribution in [-0.4, -0.2) is 15.3 Å². The number of rotatable bonds is 4. The summed E-state index contributed by atoms with van der Waals surface area (Å²) >= 11 is 0. The molecule has 2 rings (SSSR count). The standard InChI is InChI=1S/C16H26NSi/c1-5-18(6-2)14-10-13-8-7-9-15(12(3)4)16(13)17-11-14/h7-9,12,14,17H,5-6,10-11H2,1-4H3/t14-/m1/s1. The number of para-hydroxylation sites is 1. The second kappa shape index (κ2) is 5.92. The van der Waals surface area contributed by atoms with E-state index in [9.17, 15) is 0 Å². The molecule has 99 valence electrons. The van der Waals surface area contributed by atoms with Gasteiger partial charge in [-0.2, -0.15) is 0 Å². The van der Waals surface area contributed by atoms with Gasteiger partial charge < -0.3 is 5.32 Å². The Hall–Kier alpha value is -0.763. The van der Waals surface area contributed by atoms with E-state index >= 15 is 0 Å². The fourth-order valence-electron chi connectivity index (χ4n) is 3.17. The Bertz CT molecular complexity index is 396. The summed E-state index contributed by atoms with van der Waals surface area (Å²) in [6.45, 7) is 10.5. The monoisotopic (exact) mass is 260 g/mol. The molecule has 18 heavy (non-hydrogen) atoms. The number of anilines is 1. The van der Waals surface area contributed by atoms with Crippen LogP contribution in [-0.2, 0) is 6.42 Å². The van der Waals surface area contributed by atoms with Crippen molar-refractivity contribution in [1.82, 2.24) is 0 Å². The zero-order valence-corrected chi connectivity index (χ0v) is 13.2. The van der Waals surface area contributed by atoms with Crippen molar-refractivity contribution in [3.63, 3.8) is 0 Å². The Morgan fingerprint density at radius 1 is 1.28 bits per heavy atom. The topological polar surface area (TPSA) is 12.0 Å². The van der Waals surface area contributed by atoms with E-state index in [1.807, 2.05) is 0 Å². The molecule has 0 fully saturated rings. The molecule has 0 bridgehead atoms. The van der Waals surface area contributed by atoms with Crippen molar-refractivity contribution >= 4 is 14.5 Å². The van der Waals surface area contributed by atoms with Crippen LogP contribution in [0.5, 0.6) is 0 Å². The Labute approximate surface area is 114 Å². The summed E-state index contributed by atoms with van der Waals surface area (Å²) in [6.07, 6.45) is 1.30. The van der Waals surface area contributed by atoms with Crippen molar-refractivity contribution in [3.8, 4) is 0 Å². The average molecular weight is 260 g/mol. The first-order valence-electron chi connectivity index (χ1n) is 7.37. The molecule has 1 aromatic carbocycles. The van der Waals surface area contributed by atoms with Gasteiger partial charge in [0.05, 0.1) is 8.80 Å². The Morgan fingerprint density at radius 2 is 2.00 bits per heavy atom. The van der Waals surface area contributed by atoms with Crippen molar-refractivity contribution in [2.75, 3.05) is 11.9 Å². The summed E-state index contributed by atoms with van der Waals surface area (Å²) in [7, 11) is -0.161. The van der Waals surface area contributed by atoms with Crippen LogP contribution in [0.2, 0.25) is 17.6 Å². The molecule has 1 radical (unpaired) electrons. The van der Waals surface area contributed by atoms with E-state index in [4.69, 9.17) is 0 Å². The molecule has 0 saturated carbocycles. The summed E-state index contributed by atoms with van der Waals surface area (Å²) in [5.41, 5.74) is 5.41. The molecule has 0 spiro atoms. The molecule has 2 heteroatoms. The predicted molar refractivity (Wildman–Crippen MR) is 83.2 cm³/mol. The lowest BCUT2D eigenvalue weighted by Gasteiger charge is -2.32. The quantitative estimate of drug-likeness (QED) is 0.775. The van der Waals surface area contributed by atoms with Gasteiger partial charge in [0.25, 0.3) is 0 Å². The maximum absolute atomic E-state index is 3.74. The third-order valence-corrected chi connectivity index (χ3v) is 7.66. The van der Waals surface area contributed by atoms with Crippen molar-refractivity contribution in [2.24, 2.45) is 0 Å². The molecule has 1 aromatic rings. The zero-order chi connectivity index (χ0) is 13.1. The maximum atomic E-state index is 3.74. The van der Waals surface area contributed by atoms with E-state index < -0.39 is 0 Å². The van der Waals surface area contributed by atoms with Gasteiger partial charge in [-0.15, -0.1) is 0 Å². The van der Waals surface area contributed by atoms with E-state index in [0.717, 1.165) is 5.54 Å². The second-order valence-corrected chi connectivity index (χ2v) is 9.23. The maximum Gasteiger partial charge on any atom is 0.0530 e. The van der Waals surface area contributed by atoms with Crippen molar-refractivity contribution in [3.05, 3.63) is 29.3 Å². The first-order chi connectivity index (χ1) is 8.67. The van der Waals surface area contributed by atoms with Crippen LogP contribution >= 0.6 is 0 Å². The van der Waals surface area contributed by atoms with Crippen molar-refractivity contribution in [2.45, 2.75) is 57.7 Å². The van der Waals surface area contributed by atoms with Gasteiger partial charge in [0.2, 0.25) is 0 Å². The highest BCUT2D eigenvalue weighted by Gasteiger charge is 2.26. The molecule has 0 unspecified atom stereocenters. The van der Waals surface area contributed by atoms with E-state index in [0.29, 0.717) is 5.92 Å². The first kappa shape index (κ1) is 13.7. The summed E-state index contributed by atoms with van der Waals surface area (Å²) in [4.78, 5) is 0. The molecule has 1 aliphatic heterocycles. The molecular weight excluding hydrogens is 234 g/mol. The Balaban J connectivity index is 2.23. The van der Waals surface area contributed by atoms with Gasteiger partial charge in [-0.05, 0) is 29.0 Å². The van der Waals surface area contributed by atoms with Crippen LogP contribution in [0.1, 0.15) is 44.7 Å². The summed E-state index contributed by atoms with van der Waals surface area (Å²) in [6, 6.07) is 9.66. The van der Waals surface area contributed by atoms with Crippen LogP contribution in [0, 0.1) is 0 Å². The molecule has 1 nitrogen and oxygen atoms in total. The zero-order valence-electron chi connectivity index (χ0n) is 12.2. The van der Waals surface area contributed by atoms with Crippen LogP contribution < -0.4 is 5.32 Å². The third-order valence-electron chi connectivity index (χ3n) is 4.28.